The zero-order valence-corrected chi connectivity index (χ0v) is 9.78. The highest BCUT2D eigenvalue weighted by Crippen LogP contribution is 2.18. The molecule has 96 valence electrons. The second-order valence-corrected chi connectivity index (χ2v) is 3.63. The molecule has 0 unspecified atom stereocenters. The summed E-state index contributed by atoms with van der Waals surface area (Å²) in [4.78, 5) is 10.8. The normalized spacial score (nSPS) is 9.61. The van der Waals surface area contributed by atoms with Crippen LogP contribution in [0.25, 0.3) is 0 Å². The molecule has 0 saturated heterocycles. The molecule has 1 amide bonds. The van der Waals surface area contributed by atoms with Gasteiger partial charge in [-0.25, -0.2) is 10.2 Å². The lowest BCUT2D eigenvalue weighted by Gasteiger charge is -2.07. The van der Waals surface area contributed by atoms with E-state index >= 15 is 0 Å². The first-order chi connectivity index (χ1) is 8.67. The Morgan fingerprint density at radius 1 is 1.50 bits per heavy atom. The Balaban J connectivity index is 2.32. The van der Waals surface area contributed by atoms with Crippen LogP contribution in [-0.2, 0) is 4.79 Å². The largest absolute Gasteiger partial charge is 0.491 e. The number of hydrogen-bond donors (Lipinski definition) is 2. The van der Waals surface area contributed by atoms with Crippen molar-refractivity contribution in [2.24, 2.45) is 5.84 Å². The molecule has 3 N–H and O–H groups in total. The van der Waals surface area contributed by atoms with Crippen molar-refractivity contribution in [2.45, 2.75) is 19.3 Å². The standard InChI is InChI=1S/C12H14FN3O2/c13-10-7-9(8-14)4-5-11(10)18-6-2-1-3-12(17)16-15/h4-5,7H,1-3,6,15H2,(H,16,17). The number of hydrazine groups is 1. The highest BCUT2D eigenvalue weighted by atomic mass is 19.1. The number of nitrogens with one attached hydrogen (secondary N) is 1. The van der Waals surface area contributed by atoms with Gasteiger partial charge in [-0.3, -0.25) is 10.2 Å². The number of carbonyl (C=O) groups excluding carboxylic acids is 1. The predicted octanol–water partition coefficient (Wildman–Crippen LogP) is 1.24. The molecule has 0 heterocycles. The number of benzene rings is 1. The average molecular weight is 251 g/mol. The first kappa shape index (κ1) is 13.9. The van der Waals surface area contributed by atoms with Gasteiger partial charge in [-0.2, -0.15) is 5.26 Å². The zero-order chi connectivity index (χ0) is 13.4. The van der Waals surface area contributed by atoms with Crippen molar-refractivity contribution in [3.05, 3.63) is 29.6 Å². The van der Waals surface area contributed by atoms with E-state index in [0.717, 1.165) is 6.07 Å². The monoisotopic (exact) mass is 251 g/mol. The molecule has 0 radical (unpaired) electrons. The van der Waals surface area contributed by atoms with Gasteiger partial charge in [0.25, 0.3) is 0 Å². The SMILES string of the molecule is N#Cc1ccc(OCCCCC(=O)NN)c(F)c1. The molecule has 0 atom stereocenters. The van der Waals surface area contributed by atoms with Gasteiger partial charge in [-0.05, 0) is 31.0 Å². The maximum Gasteiger partial charge on any atom is 0.233 e. The smallest absolute Gasteiger partial charge is 0.233 e. The van der Waals surface area contributed by atoms with Crippen molar-refractivity contribution in [1.29, 1.82) is 5.26 Å². The van der Waals surface area contributed by atoms with Crippen molar-refractivity contribution in [2.75, 3.05) is 6.61 Å². The lowest BCUT2D eigenvalue weighted by molar-refractivity contribution is -0.121. The summed E-state index contributed by atoms with van der Waals surface area (Å²) in [7, 11) is 0. The van der Waals surface area contributed by atoms with Crippen LogP contribution in [-0.4, -0.2) is 12.5 Å². The molecular weight excluding hydrogens is 237 g/mol. The molecular formula is C12H14FN3O2. The summed E-state index contributed by atoms with van der Waals surface area (Å²) in [5.74, 6) is 4.23. The number of nitrogens with two attached hydrogens (primary N) is 1. The number of halogens is 1. The predicted molar refractivity (Wildman–Crippen MR) is 62.8 cm³/mol. The third-order valence-corrected chi connectivity index (χ3v) is 2.28. The van der Waals surface area contributed by atoms with Crippen molar-refractivity contribution in [3.8, 4) is 11.8 Å². The average Bonchev–Trinajstić information content (AvgIpc) is 2.39. The Labute approximate surface area is 104 Å². The summed E-state index contributed by atoms with van der Waals surface area (Å²) in [6, 6.07) is 5.86. The van der Waals surface area contributed by atoms with Gasteiger partial charge in [0.15, 0.2) is 11.6 Å². The number of rotatable bonds is 6. The molecule has 1 aromatic rings. The first-order valence-corrected chi connectivity index (χ1v) is 5.49. The van der Waals surface area contributed by atoms with Gasteiger partial charge in [-0.15, -0.1) is 0 Å². The maximum absolute atomic E-state index is 13.4. The second-order valence-electron chi connectivity index (χ2n) is 3.63. The van der Waals surface area contributed by atoms with Gasteiger partial charge in [0.1, 0.15) is 0 Å². The van der Waals surface area contributed by atoms with Gasteiger partial charge in [0.05, 0.1) is 18.2 Å². The number of ether oxygens (including phenoxy) is 1. The van der Waals surface area contributed by atoms with E-state index in [0.29, 0.717) is 25.9 Å². The van der Waals surface area contributed by atoms with Crippen LogP contribution in [0.15, 0.2) is 18.2 Å². The molecule has 0 aromatic heterocycles. The van der Waals surface area contributed by atoms with Gasteiger partial charge in [-0.1, -0.05) is 0 Å². The van der Waals surface area contributed by atoms with E-state index in [-0.39, 0.29) is 17.2 Å². The molecule has 0 aliphatic heterocycles. The Morgan fingerprint density at radius 2 is 2.28 bits per heavy atom. The number of amides is 1. The number of carbonyl (C=O) groups is 1. The lowest BCUT2D eigenvalue weighted by Crippen LogP contribution is -2.29. The van der Waals surface area contributed by atoms with Gasteiger partial charge < -0.3 is 4.74 Å². The highest BCUT2D eigenvalue weighted by molar-refractivity contribution is 5.75. The highest BCUT2D eigenvalue weighted by Gasteiger charge is 2.04. The molecule has 0 saturated carbocycles. The fraction of sp³-hybridized carbons (Fsp3) is 0.333. The summed E-state index contributed by atoms with van der Waals surface area (Å²) in [6.45, 7) is 0.306. The summed E-state index contributed by atoms with van der Waals surface area (Å²) in [5.41, 5.74) is 2.27. The fourth-order valence-electron chi connectivity index (χ4n) is 1.33. The Hall–Kier alpha value is -2.13. The zero-order valence-electron chi connectivity index (χ0n) is 9.78. The topological polar surface area (TPSA) is 88.1 Å². The van der Waals surface area contributed by atoms with Crippen molar-refractivity contribution in [1.82, 2.24) is 5.43 Å². The molecule has 0 bridgehead atoms. The van der Waals surface area contributed by atoms with E-state index in [2.05, 4.69) is 0 Å². The molecule has 5 nitrogen and oxygen atoms in total. The molecule has 0 spiro atoms. The summed E-state index contributed by atoms with van der Waals surface area (Å²) < 4.78 is 18.6. The molecule has 0 aliphatic carbocycles. The number of hydrogen-bond acceptors (Lipinski definition) is 4. The van der Waals surface area contributed by atoms with E-state index in [1.807, 2.05) is 11.5 Å². The summed E-state index contributed by atoms with van der Waals surface area (Å²) in [6.07, 6.45) is 1.55. The number of nitriles is 1. The molecule has 1 rings (SSSR count). The minimum absolute atomic E-state index is 0.109. The van der Waals surface area contributed by atoms with Crippen LogP contribution in [0.1, 0.15) is 24.8 Å². The molecule has 18 heavy (non-hydrogen) atoms. The van der Waals surface area contributed by atoms with E-state index in [1.165, 1.54) is 12.1 Å². The van der Waals surface area contributed by atoms with Crippen LogP contribution in [0.4, 0.5) is 4.39 Å². The minimum atomic E-state index is -0.561. The number of nitrogens with zero attached hydrogens (tertiary/aromatic N) is 1. The van der Waals surface area contributed by atoms with Crippen LogP contribution < -0.4 is 16.0 Å². The van der Waals surface area contributed by atoms with E-state index in [4.69, 9.17) is 15.8 Å². The first-order valence-electron chi connectivity index (χ1n) is 5.49. The number of unbranched alkanes of at least 4 members (excludes halogenated alkanes) is 1. The van der Waals surface area contributed by atoms with Crippen LogP contribution >= 0.6 is 0 Å². The van der Waals surface area contributed by atoms with Crippen LogP contribution in [0.5, 0.6) is 5.75 Å². The van der Waals surface area contributed by atoms with Crippen molar-refractivity contribution >= 4 is 5.91 Å². The van der Waals surface area contributed by atoms with Crippen LogP contribution in [0, 0.1) is 17.1 Å². The molecule has 0 fully saturated rings. The third kappa shape index (κ3) is 4.39. The molecule has 1 aromatic carbocycles. The quantitative estimate of drug-likeness (QED) is 0.344. The van der Waals surface area contributed by atoms with Gasteiger partial charge >= 0.3 is 0 Å². The summed E-state index contributed by atoms with van der Waals surface area (Å²) >= 11 is 0. The van der Waals surface area contributed by atoms with Crippen LogP contribution in [0.3, 0.4) is 0 Å². The Bertz CT molecular complexity index is 457. The third-order valence-electron chi connectivity index (χ3n) is 2.28. The lowest BCUT2D eigenvalue weighted by atomic mass is 10.2. The Kier molecular flexibility index (Phi) is 5.61. The van der Waals surface area contributed by atoms with Gasteiger partial charge in [0.2, 0.25) is 5.91 Å². The second kappa shape index (κ2) is 7.25. The minimum Gasteiger partial charge on any atom is -0.491 e. The Morgan fingerprint density at radius 3 is 2.89 bits per heavy atom. The maximum atomic E-state index is 13.4. The molecule has 6 heteroatoms. The van der Waals surface area contributed by atoms with Crippen molar-refractivity contribution < 1.29 is 13.9 Å². The fourth-order valence-corrected chi connectivity index (χ4v) is 1.33. The molecule has 0 aliphatic rings. The van der Waals surface area contributed by atoms with Crippen molar-refractivity contribution in [3.63, 3.8) is 0 Å². The summed E-state index contributed by atoms with van der Waals surface area (Å²) in [5, 5.41) is 8.57. The van der Waals surface area contributed by atoms with Crippen LogP contribution in [0.2, 0.25) is 0 Å². The van der Waals surface area contributed by atoms with E-state index < -0.39 is 5.82 Å². The van der Waals surface area contributed by atoms with Gasteiger partial charge in [0, 0.05) is 6.42 Å². The van der Waals surface area contributed by atoms with E-state index in [1.54, 1.807) is 0 Å². The van der Waals surface area contributed by atoms with E-state index in [9.17, 15) is 9.18 Å².